The van der Waals surface area contributed by atoms with Crippen LogP contribution in [0.1, 0.15) is 47.9 Å². The first kappa shape index (κ1) is 18.6. The first-order chi connectivity index (χ1) is 13.6. The molecule has 1 aliphatic heterocycles. The number of hydrogen-bond donors (Lipinski definition) is 1. The Morgan fingerprint density at radius 1 is 1.29 bits per heavy atom. The van der Waals surface area contributed by atoms with E-state index in [-0.39, 0.29) is 5.91 Å². The summed E-state index contributed by atoms with van der Waals surface area (Å²) in [6.07, 6.45) is 7.26. The minimum Gasteiger partial charge on any atom is -0.352 e. The molecule has 1 amide bonds. The Morgan fingerprint density at radius 2 is 2.18 bits per heavy atom. The van der Waals surface area contributed by atoms with E-state index in [0.717, 1.165) is 43.0 Å². The summed E-state index contributed by atoms with van der Waals surface area (Å²) in [4.78, 5) is 19.1. The van der Waals surface area contributed by atoms with Crippen molar-refractivity contribution in [1.82, 2.24) is 29.8 Å². The predicted octanol–water partition coefficient (Wildman–Crippen LogP) is 2.29. The summed E-state index contributed by atoms with van der Waals surface area (Å²) in [5.74, 6) is 1.21. The minimum absolute atomic E-state index is 0.0827. The van der Waals surface area contributed by atoms with E-state index >= 15 is 0 Å². The second-order valence-corrected chi connectivity index (χ2v) is 7.65. The van der Waals surface area contributed by atoms with Gasteiger partial charge in [0.2, 0.25) is 0 Å². The fraction of sp³-hybridized carbons (Fsp3) is 0.429. The summed E-state index contributed by atoms with van der Waals surface area (Å²) in [5.41, 5.74) is 2.51. The van der Waals surface area contributed by atoms with Crippen LogP contribution in [0.2, 0.25) is 0 Å². The van der Waals surface area contributed by atoms with Gasteiger partial charge in [0.25, 0.3) is 5.91 Å². The van der Waals surface area contributed by atoms with Gasteiger partial charge in [0.05, 0.1) is 5.56 Å². The Balaban J connectivity index is 1.45. The number of pyridine rings is 2. The van der Waals surface area contributed by atoms with Crippen LogP contribution >= 0.6 is 0 Å². The molecule has 146 valence electrons. The predicted molar refractivity (Wildman–Crippen MR) is 107 cm³/mol. The molecular formula is C21H26N6O. The molecule has 4 rings (SSSR count). The summed E-state index contributed by atoms with van der Waals surface area (Å²) < 4.78 is 1.98. The zero-order chi connectivity index (χ0) is 19.5. The molecule has 0 aliphatic carbocycles. The molecule has 3 aromatic rings. The monoisotopic (exact) mass is 378 g/mol. The number of carbonyl (C=O) groups excluding carboxylic acids is 1. The SMILES string of the molecule is CC(C)N1CC[C@@H](c2nnc3ccc(C(=O)NCCc4cccnc4)cn23)C1. The highest BCUT2D eigenvalue weighted by Gasteiger charge is 2.29. The van der Waals surface area contributed by atoms with Gasteiger partial charge < -0.3 is 10.2 Å². The van der Waals surface area contributed by atoms with Crippen LogP contribution in [0.3, 0.4) is 0 Å². The van der Waals surface area contributed by atoms with Crippen LogP contribution in [0, 0.1) is 0 Å². The van der Waals surface area contributed by atoms with Gasteiger partial charge in [-0.1, -0.05) is 6.07 Å². The van der Waals surface area contributed by atoms with E-state index in [2.05, 4.69) is 39.2 Å². The summed E-state index contributed by atoms with van der Waals surface area (Å²) in [5, 5.41) is 11.7. The van der Waals surface area contributed by atoms with Gasteiger partial charge in [0.15, 0.2) is 5.65 Å². The second-order valence-electron chi connectivity index (χ2n) is 7.65. The molecule has 0 bridgehead atoms. The molecule has 0 saturated carbocycles. The van der Waals surface area contributed by atoms with E-state index in [1.807, 2.05) is 41.1 Å². The highest BCUT2D eigenvalue weighted by atomic mass is 16.1. The maximum Gasteiger partial charge on any atom is 0.252 e. The standard InChI is InChI=1S/C21H26N6O/c1-15(2)26-11-8-17(13-26)20-25-24-19-6-5-18(14-27(19)20)21(28)23-10-7-16-4-3-9-22-12-16/h3-6,9,12,14-15,17H,7-8,10-11,13H2,1-2H3,(H,23,28)/t17-/m1/s1. The molecule has 0 spiro atoms. The molecule has 1 atom stereocenters. The summed E-state index contributed by atoms with van der Waals surface area (Å²) in [7, 11) is 0. The van der Waals surface area contributed by atoms with E-state index in [0.29, 0.717) is 24.1 Å². The largest absolute Gasteiger partial charge is 0.352 e. The first-order valence-corrected chi connectivity index (χ1v) is 9.87. The van der Waals surface area contributed by atoms with E-state index < -0.39 is 0 Å². The molecule has 1 aliphatic rings. The van der Waals surface area contributed by atoms with Crippen molar-refractivity contribution in [2.24, 2.45) is 0 Å². The number of likely N-dealkylation sites (tertiary alicyclic amines) is 1. The van der Waals surface area contributed by atoms with Crippen LogP contribution in [0.4, 0.5) is 0 Å². The number of nitrogens with zero attached hydrogens (tertiary/aromatic N) is 5. The van der Waals surface area contributed by atoms with Crippen molar-refractivity contribution < 1.29 is 4.79 Å². The average molecular weight is 378 g/mol. The zero-order valence-electron chi connectivity index (χ0n) is 16.4. The fourth-order valence-corrected chi connectivity index (χ4v) is 3.76. The maximum atomic E-state index is 12.6. The Labute approximate surface area is 164 Å². The lowest BCUT2D eigenvalue weighted by Crippen LogP contribution is -2.28. The Hall–Kier alpha value is -2.80. The molecule has 7 nitrogen and oxygen atoms in total. The van der Waals surface area contributed by atoms with Crippen molar-refractivity contribution in [3.8, 4) is 0 Å². The van der Waals surface area contributed by atoms with Gasteiger partial charge in [-0.3, -0.25) is 14.2 Å². The third-order valence-corrected chi connectivity index (χ3v) is 5.43. The zero-order valence-corrected chi connectivity index (χ0v) is 16.4. The smallest absolute Gasteiger partial charge is 0.252 e. The van der Waals surface area contributed by atoms with Gasteiger partial charge >= 0.3 is 0 Å². The molecule has 7 heteroatoms. The number of amides is 1. The minimum atomic E-state index is -0.0827. The van der Waals surface area contributed by atoms with Crippen molar-refractivity contribution in [3.63, 3.8) is 0 Å². The molecule has 1 N–H and O–H groups in total. The molecular weight excluding hydrogens is 352 g/mol. The topological polar surface area (TPSA) is 75.4 Å². The number of rotatable bonds is 6. The molecule has 3 aromatic heterocycles. The lowest BCUT2D eigenvalue weighted by atomic mass is 10.1. The van der Waals surface area contributed by atoms with Gasteiger partial charge in [-0.2, -0.15) is 0 Å². The Bertz CT molecular complexity index is 952. The van der Waals surface area contributed by atoms with Gasteiger partial charge in [-0.25, -0.2) is 0 Å². The number of nitrogens with one attached hydrogen (secondary N) is 1. The number of carbonyl (C=O) groups is 1. The van der Waals surface area contributed by atoms with Crippen molar-refractivity contribution >= 4 is 11.6 Å². The van der Waals surface area contributed by atoms with E-state index in [4.69, 9.17) is 0 Å². The van der Waals surface area contributed by atoms with Crippen molar-refractivity contribution in [1.29, 1.82) is 0 Å². The molecule has 0 unspecified atom stereocenters. The van der Waals surface area contributed by atoms with E-state index in [9.17, 15) is 4.79 Å². The Morgan fingerprint density at radius 3 is 2.93 bits per heavy atom. The number of hydrogen-bond acceptors (Lipinski definition) is 5. The summed E-state index contributed by atoms with van der Waals surface area (Å²) in [6.45, 7) is 7.08. The van der Waals surface area contributed by atoms with Crippen LogP contribution in [0.5, 0.6) is 0 Å². The molecule has 4 heterocycles. The van der Waals surface area contributed by atoms with E-state index in [1.54, 1.807) is 6.20 Å². The molecule has 1 saturated heterocycles. The van der Waals surface area contributed by atoms with Crippen molar-refractivity contribution in [2.75, 3.05) is 19.6 Å². The first-order valence-electron chi connectivity index (χ1n) is 9.87. The molecule has 0 radical (unpaired) electrons. The van der Waals surface area contributed by atoms with Crippen LogP contribution in [-0.2, 0) is 6.42 Å². The molecule has 0 aromatic carbocycles. The van der Waals surface area contributed by atoms with Crippen molar-refractivity contribution in [3.05, 3.63) is 59.8 Å². The van der Waals surface area contributed by atoms with Crippen LogP contribution in [-0.4, -0.2) is 56.1 Å². The van der Waals surface area contributed by atoms with Gasteiger partial charge in [-0.05, 0) is 57.0 Å². The van der Waals surface area contributed by atoms with E-state index in [1.165, 1.54) is 0 Å². The summed E-state index contributed by atoms with van der Waals surface area (Å²) >= 11 is 0. The highest BCUT2D eigenvalue weighted by Crippen LogP contribution is 2.27. The summed E-state index contributed by atoms with van der Waals surface area (Å²) in [6, 6.07) is 8.12. The molecule has 1 fully saturated rings. The molecule has 28 heavy (non-hydrogen) atoms. The second kappa shape index (κ2) is 8.06. The van der Waals surface area contributed by atoms with Gasteiger partial charge in [0.1, 0.15) is 5.82 Å². The third-order valence-electron chi connectivity index (χ3n) is 5.43. The van der Waals surface area contributed by atoms with Crippen LogP contribution in [0.15, 0.2) is 42.9 Å². The highest BCUT2D eigenvalue weighted by molar-refractivity contribution is 5.94. The average Bonchev–Trinajstić information content (AvgIpc) is 3.35. The normalized spacial score (nSPS) is 17.5. The van der Waals surface area contributed by atoms with Crippen molar-refractivity contribution in [2.45, 2.75) is 38.6 Å². The van der Waals surface area contributed by atoms with Crippen LogP contribution < -0.4 is 5.32 Å². The Kier molecular flexibility index (Phi) is 5.34. The quantitative estimate of drug-likeness (QED) is 0.712. The lowest BCUT2D eigenvalue weighted by molar-refractivity contribution is 0.0953. The van der Waals surface area contributed by atoms with Crippen LogP contribution in [0.25, 0.3) is 5.65 Å². The fourth-order valence-electron chi connectivity index (χ4n) is 3.76. The van der Waals surface area contributed by atoms with Gasteiger partial charge in [0, 0.05) is 43.6 Å². The maximum absolute atomic E-state index is 12.6. The third kappa shape index (κ3) is 3.89. The number of aromatic nitrogens is 4. The number of fused-ring (bicyclic) bond motifs is 1. The lowest BCUT2D eigenvalue weighted by Gasteiger charge is -2.19. The van der Waals surface area contributed by atoms with Gasteiger partial charge in [-0.15, -0.1) is 10.2 Å².